The Labute approximate surface area is 102 Å². The molecule has 0 spiro atoms. The van der Waals surface area contributed by atoms with Crippen LogP contribution in [0.3, 0.4) is 0 Å². The number of rotatable bonds is 5. The molecule has 0 amide bonds. The second-order valence-corrected chi connectivity index (χ2v) is 6.11. The summed E-state index contributed by atoms with van der Waals surface area (Å²) in [6.07, 6.45) is 2.58. The lowest BCUT2D eigenvalue weighted by molar-refractivity contribution is 0.571. The minimum Gasteiger partial charge on any atom is -0.386 e. The molecule has 1 fully saturated rings. The first-order valence-electron chi connectivity index (χ1n) is 5.67. The van der Waals surface area contributed by atoms with Gasteiger partial charge < -0.3 is 5.32 Å². The Kier molecular flexibility index (Phi) is 3.35. The number of aromatic nitrogens is 1. The zero-order valence-corrected chi connectivity index (χ0v) is 10.8. The van der Waals surface area contributed by atoms with Gasteiger partial charge in [-0.15, -0.1) is 0 Å². The van der Waals surface area contributed by atoms with E-state index in [1.54, 1.807) is 19.2 Å². The summed E-state index contributed by atoms with van der Waals surface area (Å²) >= 11 is 0. The maximum atomic E-state index is 12.0. The highest BCUT2D eigenvalue weighted by molar-refractivity contribution is 7.89. The van der Waals surface area contributed by atoms with Crippen molar-refractivity contribution in [2.45, 2.75) is 18.4 Å². The van der Waals surface area contributed by atoms with E-state index in [2.05, 4.69) is 21.9 Å². The SMILES string of the molecule is CNc1cccnc1S(=O)(=O)NCC1CC1C. The molecule has 1 heterocycles. The number of nitrogens with zero attached hydrogens (tertiary/aromatic N) is 1. The highest BCUT2D eigenvalue weighted by atomic mass is 32.2. The molecule has 0 radical (unpaired) electrons. The monoisotopic (exact) mass is 255 g/mol. The van der Waals surface area contributed by atoms with Gasteiger partial charge in [-0.25, -0.2) is 18.1 Å². The van der Waals surface area contributed by atoms with E-state index >= 15 is 0 Å². The van der Waals surface area contributed by atoms with Gasteiger partial charge in [0, 0.05) is 19.8 Å². The van der Waals surface area contributed by atoms with E-state index in [-0.39, 0.29) is 5.03 Å². The molecular formula is C11H17N3O2S. The number of nitrogens with one attached hydrogen (secondary N) is 2. The number of hydrogen-bond donors (Lipinski definition) is 2. The van der Waals surface area contributed by atoms with Crippen molar-refractivity contribution < 1.29 is 8.42 Å². The lowest BCUT2D eigenvalue weighted by Gasteiger charge is -2.09. The lowest BCUT2D eigenvalue weighted by atomic mass is 10.3. The third-order valence-corrected chi connectivity index (χ3v) is 4.49. The van der Waals surface area contributed by atoms with Crippen LogP contribution in [-0.2, 0) is 10.0 Å². The van der Waals surface area contributed by atoms with E-state index in [0.717, 1.165) is 6.42 Å². The smallest absolute Gasteiger partial charge is 0.260 e. The molecule has 94 valence electrons. The van der Waals surface area contributed by atoms with Gasteiger partial charge in [0.05, 0.1) is 5.69 Å². The number of pyridine rings is 1. The minimum absolute atomic E-state index is 0.0656. The molecule has 1 aromatic heterocycles. The molecule has 6 heteroatoms. The molecule has 2 atom stereocenters. The molecule has 2 unspecified atom stereocenters. The maximum Gasteiger partial charge on any atom is 0.260 e. The van der Waals surface area contributed by atoms with Crippen molar-refractivity contribution in [3.05, 3.63) is 18.3 Å². The average Bonchev–Trinajstić information content (AvgIpc) is 3.03. The highest BCUT2D eigenvalue weighted by Crippen LogP contribution is 2.37. The van der Waals surface area contributed by atoms with E-state index in [9.17, 15) is 8.42 Å². The van der Waals surface area contributed by atoms with E-state index in [1.807, 2.05) is 0 Å². The predicted octanol–water partition coefficient (Wildman–Crippen LogP) is 1.06. The highest BCUT2D eigenvalue weighted by Gasteiger charge is 2.33. The molecule has 1 saturated carbocycles. The molecule has 17 heavy (non-hydrogen) atoms. The molecule has 5 nitrogen and oxygen atoms in total. The number of hydrogen-bond acceptors (Lipinski definition) is 4. The van der Waals surface area contributed by atoms with Crippen molar-refractivity contribution in [1.82, 2.24) is 9.71 Å². The normalized spacial score (nSPS) is 23.4. The van der Waals surface area contributed by atoms with Crippen LogP contribution in [0, 0.1) is 11.8 Å². The van der Waals surface area contributed by atoms with E-state index in [1.165, 1.54) is 6.20 Å². The summed E-state index contributed by atoms with van der Waals surface area (Å²) in [4.78, 5) is 3.93. The minimum atomic E-state index is -3.51. The maximum absolute atomic E-state index is 12.0. The van der Waals surface area contributed by atoms with Gasteiger partial charge in [0.2, 0.25) is 0 Å². The summed E-state index contributed by atoms with van der Waals surface area (Å²) in [5.74, 6) is 1.11. The van der Waals surface area contributed by atoms with Crippen LogP contribution in [-0.4, -0.2) is 27.0 Å². The molecule has 1 aliphatic carbocycles. The first-order valence-corrected chi connectivity index (χ1v) is 7.15. The Balaban J connectivity index is 2.13. The molecule has 0 aromatic carbocycles. The van der Waals surface area contributed by atoms with Gasteiger partial charge in [-0.1, -0.05) is 6.92 Å². The van der Waals surface area contributed by atoms with Crippen LogP contribution >= 0.6 is 0 Å². The second kappa shape index (κ2) is 4.62. The van der Waals surface area contributed by atoms with Gasteiger partial charge in [0.1, 0.15) is 0 Å². The molecule has 1 aromatic rings. The Morgan fingerprint density at radius 1 is 1.53 bits per heavy atom. The fourth-order valence-electron chi connectivity index (χ4n) is 1.76. The van der Waals surface area contributed by atoms with Gasteiger partial charge in [-0.05, 0) is 30.4 Å². The zero-order chi connectivity index (χ0) is 12.5. The lowest BCUT2D eigenvalue weighted by Crippen LogP contribution is -2.27. The fourth-order valence-corrected chi connectivity index (χ4v) is 2.99. The van der Waals surface area contributed by atoms with Crippen LogP contribution in [0.15, 0.2) is 23.4 Å². The van der Waals surface area contributed by atoms with E-state index in [4.69, 9.17) is 0 Å². The summed E-state index contributed by atoms with van der Waals surface area (Å²) in [5.41, 5.74) is 0.517. The van der Waals surface area contributed by atoms with Crippen molar-refractivity contribution in [2.75, 3.05) is 18.9 Å². The van der Waals surface area contributed by atoms with Crippen LogP contribution in [0.25, 0.3) is 0 Å². The molecule has 0 saturated heterocycles. The quantitative estimate of drug-likeness (QED) is 0.825. The van der Waals surface area contributed by atoms with Gasteiger partial charge in [0.15, 0.2) is 5.03 Å². The number of sulfonamides is 1. The molecule has 0 aliphatic heterocycles. The van der Waals surface area contributed by atoms with Crippen molar-refractivity contribution in [3.8, 4) is 0 Å². The van der Waals surface area contributed by atoms with Crippen LogP contribution in [0.5, 0.6) is 0 Å². The van der Waals surface area contributed by atoms with Crippen molar-refractivity contribution in [1.29, 1.82) is 0 Å². The third-order valence-electron chi connectivity index (χ3n) is 3.11. The molecule has 1 aliphatic rings. The summed E-state index contributed by atoms with van der Waals surface area (Å²) < 4.78 is 26.7. The standard InChI is InChI=1S/C11H17N3O2S/c1-8-6-9(8)7-14-17(15,16)11-10(12-2)4-3-5-13-11/h3-5,8-9,12,14H,6-7H2,1-2H3. The van der Waals surface area contributed by atoms with Crippen LogP contribution < -0.4 is 10.0 Å². The first-order chi connectivity index (χ1) is 8.04. The second-order valence-electron chi connectivity index (χ2n) is 4.43. The van der Waals surface area contributed by atoms with E-state index in [0.29, 0.717) is 24.1 Å². The van der Waals surface area contributed by atoms with Gasteiger partial charge in [-0.2, -0.15) is 0 Å². The van der Waals surface area contributed by atoms with Crippen molar-refractivity contribution in [3.63, 3.8) is 0 Å². The topological polar surface area (TPSA) is 71.1 Å². The van der Waals surface area contributed by atoms with Crippen LogP contribution in [0.4, 0.5) is 5.69 Å². The zero-order valence-electron chi connectivity index (χ0n) is 9.97. The summed E-state index contributed by atoms with van der Waals surface area (Å²) in [7, 11) is -1.83. The summed E-state index contributed by atoms with van der Waals surface area (Å²) in [5, 5.41) is 2.90. The van der Waals surface area contributed by atoms with Crippen LogP contribution in [0.1, 0.15) is 13.3 Å². The molecular weight excluding hydrogens is 238 g/mol. The van der Waals surface area contributed by atoms with E-state index < -0.39 is 10.0 Å². The van der Waals surface area contributed by atoms with Crippen molar-refractivity contribution in [2.24, 2.45) is 11.8 Å². The largest absolute Gasteiger partial charge is 0.386 e. The summed E-state index contributed by atoms with van der Waals surface area (Å²) in [6.45, 7) is 2.63. The van der Waals surface area contributed by atoms with Crippen molar-refractivity contribution >= 4 is 15.7 Å². The predicted molar refractivity (Wildman–Crippen MR) is 66.2 cm³/mol. The summed E-state index contributed by atoms with van der Waals surface area (Å²) in [6, 6.07) is 3.40. The van der Waals surface area contributed by atoms with Gasteiger partial charge in [0.25, 0.3) is 10.0 Å². The Morgan fingerprint density at radius 2 is 2.24 bits per heavy atom. The molecule has 2 N–H and O–H groups in total. The fraction of sp³-hybridized carbons (Fsp3) is 0.545. The molecule has 2 rings (SSSR count). The Morgan fingerprint density at radius 3 is 2.82 bits per heavy atom. The third kappa shape index (κ3) is 2.76. The first kappa shape index (κ1) is 12.3. The Hall–Kier alpha value is -1.14. The molecule has 0 bridgehead atoms. The Bertz CT molecular complexity index is 501. The van der Waals surface area contributed by atoms with Gasteiger partial charge in [-0.3, -0.25) is 0 Å². The number of anilines is 1. The average molecular weight is 255 g/mol. The van der Waals surface area contributed by atoms with Crippen LogP contribution in [0.2, 0.25) is 0 Å². The van der Waals surface area contributed by atoms with Gasteiger partial charge >= 0.3 is 0 Å².